The lowest BCUT2D eigenvalue weighted by Crippen LogP contribution is -2.37. The van der Waals surface area contributed by atoms with Crippen molar-refractivity contribution in [2.24, 2.45) is 5.92 Å². The number of carbonyl (C=O) groups is 2. The molecule has 0 unspecified atom stereocenters. The number of likely N-dealkylation sites (tertiary alicyclic amines) is 1. The molecule has 0 saturated carbocycles. The summed E-state index contributed by atoms with van der Waals surface area (Å²) in [5.74, 6) is -0.101. The molecule has 1 saturated heterocycles. The Balaban J connectivity index is 2.06. The zero-order chi connectivity index (χ0) is 16.6. The van der Waals surface area contributed by atoms with Crippen LogP contribution < -0.4 is 0 Å². The molecule has 4 nitrogen and oxygen atoms in total. The van der Waals surface area contributed by atoms with Crippen molar-refractivity contribution in [3.63, 3.8) is 0 Å². The average molecular weight is 333 g/mol. The highest BCUT2D eigenvalue weighted by atomic mass is 35.5. The van der Waals surface area contributed by atoms with Gasteiger partial charge in [0.05, 0.1) is 5.57 Å². The van der Waals surface area contributed by atoms with Crippen molar-refractivity contribution >= 4 is 29.0 Å². The van der Waals surface area contributed by atoms with Crippen molar-refractivity contribution in [3.05, 3.63) is 40.5 Å². The van der Waals surface area contributed by atoms with E-state index in [1.54, 1.807) is 12.1 Å². The first-order valence-corrected chi connectivity index (χ1v) is 8.48. The molecule has 2 heterocycles. The molecule has 0 aliphatic carbocycles. The Bertz CT molecular complexity index is 658. The van der Waals surface area contributed by atoms with Gasteiger partial charge in [-0.3, -0.25) is 14.5 Å². The summed E-state index contributed by atoms with van der Waals surface area (Å²) in [6.45, 7) is 6.14. The summed E-state index contributed by atoms with van der Waals surface area (Å²) in [5, 5.41) is 0.618. The van der Waals surface area contributed by atoms with Gasteiger partial charge >= 0.3 is 0 Å². The van der Waals surface area contributed by atoms with Gasteiger partial charge in [0.25, 0.3) is 11.8 Å². The number of rotatable bonds is 4. The van der Waals surface area contributed by atoms with E-state index in [0.29, 0.717) is 22.8 Å². The molecule has 5 heteroatoms. The van der Waals surface area contributed by atoms with Crippen LogP contribution in [0, 0.1) is 5.92 Å². The van der Waals surface area contributed by atoms with Crippen LogP contribution in [0.4, 0.5) is 0 Å². The molecule has 3 rings (SSSR count). The molecule has 0 aromatic heterocycles. The molecule has 0 N–H and O–H groups in total. The summed E-state index contributed by atoms with van der Waals surface area (Å²) in [6.07, 6.45) is 2.12. The number of hydrogen-bond donors (Lipinski definition) is 0. The maximum absolute atomic E-state index is 12.9. The van der Waals surface area contributed by atoms with E-state index in [0.717, 1.165) is 31.5 Å². The van der Waals surface area contributed by atoms with Crippen molar-refractivity contribution in [3.8, 4) is 0 Å². The summed E-state index contributed by atoms with van der Waals surface area (Å²) < 4.78 is 0. The van der Waals surface area contributed by atoms with Crippen molar-refractivity contribution < 1.29 is 9.59 Å². The van der Waals surface area contributed by atoms with Crippen LogP contribution in [-0.2, 0) is 9.59 Å². The van der Waals surface area contributed by atoms with Crippen molar-refractivity contribution in [1.82, 2.24) is 9.80 Å². The summed E-state index contributed by atoms with van der Waals surface area (Å²) in [4.78, 5) is 29.2. The zero-order valence-electron chi connectivity index (χ0n) is 13.5. The predicted octanol–water partition coefficient (Wildman–Crippen LogP) is 3.17. The summed E-state index contributed by atoms with van der Waals surface area (Å²) in [5.41, 5.74) is 1.85. The Morgan fingerprint density at radius 3 is 2.22 bits per heavy atom. The number of halogens is 1. The second-order valence-electron chi connectivity index (χ2n) is 6.54. The molecule has 0 radical (unpaired) electrons. The number of benzene rings is 1. The van der Waals surface area contributed by atoms with Crippen LogP contribution in [0.15, 0.2) is 30.0 Å². The lowest BCUT2D eigenvalue weighted by Gasteiger charge is -2.21. The predicted molar refractivity (Wildman–Crippen MR) is 90.7 cm³/mol. The third-order valence-corrected chi connectivity index (χ3v) is 4.50. The van der Waals surface area contributed by atoms with Gasteiger partial charge in [0.15, 0.2) is 0 Å². The molecule has 0 bridgehead atoms. The Morgan fingerprint density at radius 1 is 1.04 bits per heavy atom. The first-order chi connectivity index (χ1) is 11.0. The normalized spacial score (nSPS) is 18.8. The van der Waals surface area contributed by atoms with Crippen LogP contribution in [0.3, 0.4) is 0 Å². The van der Waals surface area contributed by atoms with Crippen LogP contribution in [0.25, 0.3) is 5.57 Å². The SMILES string of the molecule is CC(C)CN1C(=O)C(c2ccc(Cl)cc2)=C(N2CCCC2)C1=O. The van der Waals surface area contributed by atoms with Gasteiger partial charge in [-0.15, -0.1) is 0 Å². The molecular weight excluding hydrogens is 312 g/mol. The first kappa shape index (κ1) is 16.1. The maximum atomic E-state index is 12.9. The number of carbonyl (C=O) groups excluding carboxylic acids is 2. The summed E-state index contributed by atoms with van der Waals surface area (Å²) in [6, 6.07) is 7.15. The number of hydrogen-bond acceptors (Lipinski definition) is 3. The van der Waals surface area contributed by atoms with E-state index < -0.39 is 0 Å². The zero-order valence-corrected chi connectivity index (χ0v) is 14.3. The molecule has 0 spiro atoms. The highest BCUT2D eigenvalue weighted by Crippen LogP contribution is 2.34. The second kappa shape index (κ2) is 6.36. The molecule has 2 aliphatic heterocycles. The van der Waals surface area contributed by atoms with Crippen molar-refractivity contribution in [2.75, 3.05) is 19.6 Å². The smallest absolute Gasteiger partial charge is 0.277 e. The van der Waals surface area contributed by atoms with Crippen LogP contribution in [0.2, 0.25) is 5.02 Å². The minimum absolute atomic E-state index is 0.157. The topological polar surface area (TPSA) is 40.6 Å². The lowest BCUT2D eigenvalue weighted by atomic mass is 10.0. The quantitative estimate of drug-likeness (QED) is 0.795. The van der Waals surface area contributed by atoms with Gasteiger partial charge in [0.1, 0.15) is 5.70 Å². The average Bonchev–Trinajstić information content (AvgIpc) is 3.10. The monoisotopic (exact) mass is 332 g/mol. The molecule has 0 atom stereocenters. The highest BCUT2D eigenvalue weighted by Gasteiger charge is 2.42. The standard InChI is InChI=1S/C18H21ClN2O2/c1-12(2)11-21-17(22)15(13-5-7-14(19)8-6-13)16(18(21)23)20-9-3-4-10-20/h5-8,12H,3-4,9-11H2,1-2H3. The van der Waals surface area contributed by atoms with E-state index >= 15 is 0 Å². The van der Waals surface area contributed by atoms with Crippen molar-refractivity contribution in [2.45, 2.75) is 26.7 Å². The van der Waals surface area contributed by atoms with Crippen molar-refractivity contribution in [1.29, 1.82) is 0 Å². The van der Waals surface area contributed by atoms with Gasteiger partial charge in [-0.05, 0) is 36.5 Å². The number of nitrogens with zero attached hydrogens (tertiary/aromatic N) is 2. The van der Waals surface area contributed by atoms with E-state index in [1.807, 2.05) is 26.0 Å². The summed E-state index contributed by atoms with van der Waals surface area (Å²) in [7, 11) is 0. The Hall–Kier alpha value is -1.81. The Morgan fingerprint density at radius 2 is 1.65 bits per heavy atom. The van der Waals surface area contributed by atoms with Crippen LogP contribution in [0.5, 0.6) is 0 Å². The van der Waals surface area contributed by atoms with E-state index in [9.17, 15) is 9.59 Å². The Kier molecular flexibility index (Phi) is 4.44. The molecule has 1 fully saturated rings. The number of imide groups is 1. The Labute approximate surface area is 141 Å². The van der Waals surface area contributed by atoms with Crippen LogP contribution in [0.1, 0.15) is 32.3 Å². The molecule has 1 aromatic rings. The van der Waals surface area contributed by atoms with E-state index in [2.05, 4.69) is 4.90 Å². The van der Waals surface area contributed by atoms with Gasteiger partial charge < -0.3 is 4.90 Å². The largest absolute Gasteiger partial charge is 0.366 e. The van der Waals surface area contributed by atoms with Gasteiger partial charge in [-0.1, -0.05) is 37.6 Å². The maximum Gasteiger partial charge on any atom is 0.277 e. The van der Waals surface area contributed by atoms with Gasteiger partial charge in [0, 0.05) is 24.7 Å². The van der Waals surface area contributed by atoms with Crippen LogP contribution >= 0.6 is 11.6 Å². The molecule has 23 heavy (non-hydrogen) atoms. The second-order valence-corrected chi connectivity index (χ2v) is 6.98. The summed E-state index contributed by atoms with van der Waals surface area (Å²) >= 11 is 5.96. The minimum Gasteiger partial charge on any atom is -0.366 e. The third-order valence-electron chi connectivity index (χ3n) is 4.25. The molecular formula is C18H21ClN2O2. The third kappa shape index (κ3) is 3.00. The lowest BCUT2D eigenvalue weighted by molar-refractivity contribution is -0.138. The first-order valence-electron chi connectivity index (χ1n) is 8.10. The van der Waals surface area contributed by atoms with Gasteiger partial charge in [-0.2, -0.15) is 0 Å². The van der Waals surface area contributed by atoms with E-state index in [-0.39, 0.29) is 17.7 Å². The minimum atomic E-state index is -0.187. The fourth-order valence-electron chi connectivity index (χ4n) is 3.21. The van der Waals surface area contributed by atoms with E-state index in [4.69, 9.17) is 11.6 Å². The van der Waals surface area contributed by atoms with Crippen LogP contribution in [-0.4, -0.2) is 41.2 Å². The number of amides is 2. The fraction of sp³-hybridized carbons (Fsp3) is 0.444. The fourth-order valence-corrected chi connectivity index (χ4v) is 3.33. The molecule has 2 amide bonds. The molecule has 2 aliphatic rings. The van der Waals surface area contributed by atoms with Gasteiger partial charge in [0.2, 0.25) is 0 Å². The van der Waals surface area contributed by atoms with Gasteiger partial charge in [-0.25, -0.2) is 0 Å². The highest BCUT2D eigenvalue weighted by molar-refractivity contribution is 6.36. The molecule has 1 aromatic carbocycles. The van der Waals surface area contributed by atoms with E-state index in [1.165, 1.54) is 4.90 Å². The molecule has 122 valence electrons.